The molecule has 0 radical (unpaired) electrons. The van der Waals surface area contributed by atoms with E-state index in [0.29, 0.717) is 6.04 Å². The first kappa shape index (κ1) is 10.5. The summed E-state index contributed by atoms with van der Waals surface area (Å²) in [7, 11) is 0. The lowest BCUT2D eigenvalue weighted by molar-refractivity contribution is 0.760. The van der Waals surface area contributed by atoms with Gasteiger partial charge in [-0.05, 0) is 13.3 Å². The Balaban J connectivity index is 2.11. The zero-order valence-corrected chi connectivity index (χ0v) is 10.2. The summed E-state index contributed by atoms with van der Waals surface area (Å²) in [5, 5.41) is 13.3. The maximum atomic E-state index is 4.12. The molecule has 0 saturated heterocycles. The number of nitrogens with zero attached hydrogens (tertiary/aromatic N) is 3. The summed E-state index contributed by atoms with van der Waals surface area (Å²) in [6.07, 6.45) is 2.90. The van der Waals surface area contributed by atoms with Crippen LogP contribution >= 0.6 is 22.7 Å². The Labute approximate surface area is 96.4 Å². The molecule has 4 nitrogen and oxygen atoms in total. The Morgan fingerprint density at radius 1 is 1.47 bits per heavy atom. The lowest BCUT2D eigenvalue weighted by Crippen LogP contribution is -2.12. The summed E-state index contributed by atoms with van der Waals surface area (Å²) in [5.41, 5.74) is 1.80. The Kier molecular flexibility index (Phi) is 3.27. The first-order valence-electron chi connectivity index (χ1n) is 4.78. The molecule has 1 unspecified atom stereocenters. The second-order valence-corrected chi connectivity index (χ2v) is 5.10. The van der Waals surface area contributed by atoms with E-state index in [1.807, 2.05) is 6.20 Å². The quantitative estimate of drug-likeness (QED) is 0.892. The largest absolute Gasteiger partial charge is 0.358 e. The van der Waals surface area contributed by atoms with Gasteiger partial charge in [0, 0.05) is 12.2 Å². The summed E-state index contributed by atoms with van der Waals surface area (Å²) >= 11 is 3.15. The van der Waals surface area contributed by atoms with Crippen LogP contribution in [0, 0.1) is 0 Å². The molecule has 2 aromatic rings. The van der Waals surface area contributed by atoms with Gasteiger partial charge in [0.05, 0.1) is 10.4 Å². The van der Waals surface area contributed by atoms with Crippen molar-refractivity contribution < 1.29 is 0 Å². The number of anilines is 1. The molecule has 0 saturated carbocycles. The number of rotatable bonds is 4. The molecule has 2 heterocycles. The first-order valence-corrected chi connectivity index (χ1v) is 6.48. The fraction of sp³-hybridized carbons (Fsp3) is 0.444. The van der Waals surface area contributed by atoms with Crippen molar-refractivity contribution in [1.29, 1.82) is 0 Å². The third-order valence-corrected chi connectivity index (χ3v) is 3.85. The highest BCUT2D eigenvalue weighted by atomic mass is 32.1. The normalized spacial score (nSPS) is 12.7. The number of hydrogen-bond acceptors (Lipinski definition) is 6. The minimum atomic E-state index is 0.437. The Morgan fingerprint density at radius 3 is 3.00 bits per heavy atom. The summed E-state index contributed by atoms with van der Waals surface area (Å²) < 4.78 is 0. The molecule has 0 fully saturated rings. The van der Waals surface area contributed by atoms with Crippen molar-refractivity contribution in [2.75, 3.05) is 5.32 Å². The van der Waals surface area contributed by atoms with Gasteiger partial charge < -0.3 is 5.32 Å². The van der Waals surface area contributed by atoms with E-state index in [4.69, 9.17) is 0 Å². The van der Waals surface area contributed by atoms with Crippen LogP contribution in [0.2, 0.25) is 0 Å². The Bertz CT molecular complexity index is 409. The van der Waals surface area contributed by atoms with Gasteiger partial charge in [-0.1, -0.05) is 18.3 Å². The molecular weight excluding hydrogens is 228 g/mol. The number of nitrogens with one attached hydrogen (secondary N) is 1. The molecule has 2 aromatic heterocycles. The minimum Gasteiger partial charge on any atom is -0.358 e. The van der Waals surface area contributed by atoms with Gasteiger partial charge in [-0.3, -0.25) is 4.98 Å². The van der Waals surface area contributed by atoms with Crippen LogP contribution in [0.25, 0.3) is 9.88 Å². The standard InChI is InChI=1S/C9H12N4S2/c1-3-6(2)11-9-13-12-8(15-9)7-4-10-5-14-7/h4-6H,3H2,1-2H3,(H,11,13). The average Bonchev–Trinajstić information content (AvgIpc) is 2.85. The lowest BCUT2D eigenvalue weighted by Gasteiger charge is -2.07. The molecular formula is C9H12N4S2. The van der Waals surface area contributed by atoms with E-state index in [-0.39, 0.29) is 0 Å². The third kappa shape index (κ3) is 2.51. The van der Waals surface area contributed by atoms with E-state index >= 15 is 0 Å². The highest BCUT2D eigenvalue weighted by molar-refractivity contribution is 7.22. The van der Waals surface area contributed by atoms with Crippen molar-refractivity contribution in [3.63, 3.8) is 0 Å². The SMILES string of the molecule is CCC(C)Nc1nnc(-c2cncs2)s1. The van der Waals surface area contributed by atoms with Crippen molar-refractivity contribution in [2.45, 2.75) is 26.3 Å². The van der Waals surface area contributed by atoms with Gasteiger partial charge in [0.25, 0.3) is 0 Å². The van der Waals surface area contributed by atoms with Crippen molar-refractivity contribution in [1.82, 2.24) is 15.2 Å². The summed E-state index contributed by atoms with van der Waals surface area (Å²) in [6, 6.07) is 0.437. The predicted octanol–water partition coefficient (Wildman–Crippen LogP) is 2.87. The number of aromatic nitrogens is 3. The first-order chi connectivity index (χ1) is 7.29. The Morgan fingerprint density at radius 2 is 2.33 bits per heavy atom. The molecule has 6 heteroatoms. The molecule has 15 heavy (non-hydrogen) atoms. The van der Waals surface area contributed by atoms with Crippen LogP contribution in [0.4, 0.5) is 5.13 Å². The summed E-state index contributed by atoms with van der Waals surface area (Å²) in [5.74, 6) is 0. The smallest absolute Gasteiger partial charge is 0.206 e. The Hall–Kier alpha value is -1.01. The van der Waals surface area contributed by atoms with Gasteiger partial charge in [-0.15, -0.1) is 21.5 Å². The van der Waals surface area contributed by atoms with Crippen LogP contribution in [0.15, 0.2) is 11.7 Å². The van der Waals surface area contributed by atoms with Crippen LogP contribution < -0.4 is 5.32 Å². The zero-order valence-electron chi connectivity index (χ0n) is 8.60. The highest BCUT2D eigenvalue weighted by Crippen LogP contribution is 2.28. The predicted molar refractivity (Wildman–Crippen MR) is 64.4 cm³/mol. The molecule has 0 bridgehead atoms. The van der Waals surface area contributed by atoms with Crippen LogP contribution in [-0.4, -0.2) is 21.2 Å². The van der Waals surface area contributed by atoms with E-state index in [2.05, 4.69) is 34.3 Å². The molecule has 0 aromatic carbocycles. The van der Waals surface area contributed by atoms with Crippen molar-refractivity contribution in [3.05, 3.63) is 11.7 Å². The van der Waals surface area contributed by atoms with Crippen LogP contribution in [0.3, 0.4) is 0 Å². The molecule has 1 atom stereocenters. The maximum absolute atomic E-state index is 4.12. The van der Waals surface area contributed by atoms with Gasteiger partial charge in [-0.25, -0.2) is 0 Å². The fourth-order valence-electron chi connectivity index (χ4n) is 1.02. The number of thiazole rings is 1. The topological polar surface area (TPSA) is 50.7 Å². The van der Waals surface area contributed by atoms with Crippen molar-refractivity contribution in [2.24, 2.45) is 0 Å². The maximum Gasteiger partial charge on any atom is 0.206 e. The van der Waals surface area contributed by atoms with E-state index in [1.54, 1.807) is 28.2 Å². The lowest BCUT2D eigenvalue weighted by atomic mass is 10.3. The van der Waals surface area contributed by atoms with E-state index in [0.717, 1.165) is 21.4 Å². The van der Waals surface area contributed by atoms with Crippen LogP contribution in [0.5, 0.6) is 0 Å². The van der Waals surface area contributed by atoms with Gasteiger partial charge in [0.2, 0.25) is 5.13 Å². The second-order valence-electron chi connectivity index (χ2n) is 3.23. The van der Waals surface area contributed by atoms with Crippen LogP contribution in [0.1, 0.15) is 20.3 Å². The van der Waals surface area contributed by atoms with Crippen molar-refractivity contribution >= 4 is 27.8 Å². The molecule has 0 amide bonds. The van der Waals surface area contributed by atoms with Crippen LogP contribution in [-0.2, 0) is 0 Å². The van der Waals surface area contributed by atoms with Crippen molar-refractivity contribution in [3.8, 4) is 9.88 Å². The summed E-state index contributed by atoms with van der Waals surface area (Å²) in [4.78, 5) is 5.10. The molecule has 0 aliphatic rings. The highest BCUT2D eigenvalue weighted by Gasteiger charge is 2.08. The van der Waals surface area contributed by atoms with Gasteiger partial charge >= 0.3 is 0 Å². The molecule has 0 spiro atoms. The van der Waals surface area contributed by atoms with Gasteiger partial charge in [0.1, 0.15) is 0 Å². The van der Waals surface area contributed by atoms with Gasteiger partial charge in [0.15, 0.2) is 5.01 Å². The van der Waals surface area contributed by atoms with E-state index in [9.17, 15) is 0 Å². The average molecular weight is 240 g/mol. The van der Waals surface area contributed by atoms with Gasteiger partial charge in [-0.2, -0.15) is 0 Å². The summed E-state index contributed by atoms with van der Waals surface area (Å²) in [6.45, 7) is 4.27. The second kappa shape index (κ2) is 4.67. The third-order valence-electron chi connectivity index (χ3n) is 2.05. The fourth-order valence-corrected chi connectivity index (χ4v) is 2.54. The minimum absolute atomic E-state index is 0.437. The molecule has 1 N–H and O–H groups in total. The van der Waals surface area contributed by atoms with E-state index < -0.39 is 0 Å². The van der Waals surface area contributed by atoms with E-state index in [1.165, 1.54) is 0 Å². The molecule has 2 rings (SSSR count). The molecule has 0 aliphatic heterocycles. The molecule has 80 valence electrons. The monoisotopic (exact) mass is 240 g/mol. The number of hydrogen-bond donors (Lipinski definition) is 1. The molecule has 0 aliphatic carbocycles. The zero-order chi connectivity index (χ0) is 10.7.